The fourth-order valence-corrected chi connectivity index (χ4v) is 9.31. The molecular weight excluding hydrogens is 450 g/mol. The molecule has 0 aromatic heterocycles. The summed E-state index contributed by atoms with van der Waals surface area (Å²) in [7, 11) is 2.17. The van der Waals surface area contributed by atoms with Gasteiger partial charge in [0.15, 0.2) is 0 Å². The molecule has 36 heavy (non-hydrogen) atoms. The second kappa shape index (κ2) is 8.47. The summed E-state index contributed by atoms with van der Waals surface area (Å²) in [5.74, 6) is 3.46. The van der Waals surface area contributed by atoms with Crippen LogP contribution in [0.4, 0.5) is 0 Å². The van der Waals surface area contributed by atoms with E-state index in [1.807, 2.05) is 23.1 Å². The first-order chi connectivity index (χ1) is 17.4. The number of fused-ring (bicyclic) bond motifs is 1. The highest BCUT2D eigenvalue weighted by Gasteiger charge is 2.57. The van der Waals surface area contributed by atoms with E-state index >= 15 is 0 Å². The van der Waals surface area contributed by atoms with Gasteiger partial charge in [0, 0.05) is 31.6 Å². The van der Waals surface area contributed by atoms with Crippen molar-refractivity contribution in [2.24, 2.45) is 23.2 Å². The van der Waals surface area contributed by atoms with Crippen molar-refractivity contribution in [1.82, 2.24) is 15.1 Å². The standard InChI is InChI=1S/C30H41N3O3/c1-32-11-8-30(9-12-32)19-24(23-5-2-3-7-26(23)36-30)31-27(34)25-6-4-10-33(25)28(35)29-16-20-13-21(17-29)15-22(14-20)18-29/h2-3,5,7,20-22,24-25H,4,6,8-19H2,1H3,(H,31,34). The maximum Gasteiger partial charge on any atom is 0.243 e. The van der Waals surface area contributed by atoms with E-state index in [9.17, 15) is 9.59 Å². The summed E-state index contributed by atoms with van der Waals surface area (Å²) in [6, 6.07) is 7.80. The Balaban J connectivity index is 1.10. The first-order valence-electron chi connectivity index (χ1n) is 14.5. The first-order valence-corrected chi connectivity index (χ1v) is 14.5. The Morgan fingerprint density at radius 2 is 1.61 bits per heavy atom. The predicted molar refractivity (Wildman–Crippen MR) is 137 cm³/mol. The molecule has 2 saturated heterocycles. The van der Waals surface area contributed by atoms with E-state index in [-0.39, 0.29) is 29.0 Å². The fourth-order valence-electron chi connectivity index (χ4n) is 9.31. The summed E-state index contributed by atoms with van der Waals surface area (Å²) < 4.78 is 6.60. The van der Waals surface area contributed by atoms with Gasteiger partial charge in [-0.1, -0.05) is 18.2 Å². The monoisotopic (exact) mass is 491 g/mol. The van der Waals surface area contributed by atoms with Gasteiger partial charge in [0.2, 0.25) is 11.8 Å². The van der Waals surface area contributed by atoms with Crippen molar-refractivity contribution in [3.63, 3.8) is 0 Å². The Morgan fingerprint density at radius 3 is 2.31 bits per heavy atom. The number of carbonyl (C=O) groups is 2. The molecular formula is C30H41N3O3. The molecule has 6 nitrogen and oxygen atoms in total. The number of para-hydroxylation sites is 1. The minimum Gasteiger partial charge on any atom is -0.487 e. The van der Waals surface area contributed by atoms with Gasteiger partial charge in [-0.2, -0.15) is 0 Å². The number of hydrogen-bond donors (Lipinski definition) is 1. The summed E-state index contributed by atoms with van der Waals surface area (Å²) in [6.07, 6.45) is 11.6. The van der Waals surface area contributed by atoms with Crippen LogP contribution in [-0.4, -0.2) is 59.9 Å². The van der Waals surface area contributed by atoms with Gasteiger partial charge in [0.05, 0.1) is 11.5 Å². The highest BCUT2D eigenvalue weighted by molar-refractivity contribution is 5.91. The predicted octanol–water partition coefficient (Wildman–Crippen LogP) is 4.30. The third-order valence-corrected chi connectivity index (χ3v) is 10.7. The quantitative estimate of drug-likeness (QED) is 0.685. The minimum atomic E-state index is -0.325. The maximum absolute atomic E-state index is 14.1. The number of nitrogens with one attached hydrogen (secondary N) is 1. The summed E-state index contributed by atoms with van der Waals surface area (Å²) in [5.41, 5.74) is 0.678. The number of ether oxygens (including phenoxy) is 1. The Hall–Kier alpha value is -2.08. The molecule has 7 aliphatic rings. The van der Waals surface area contributed by atoms with E-state index in [0.29, 0.717) is 5.91 Å². The molecule has 2 unspecified atom stereocenters. The van der Waals surface area contributed by atoms with Crippen LogP contribution in [0.3, 0.4) is 0 Å². The Morgan fingerprint density at radius 1 is 0.944 bits per heavy atom. The third-order valence-electron chi connectivity index (χ3n) is 10.7. The molecule has 1 aromatic carbocycles. The van der Waals surface area contributed by atoms with Gasteiger partial charge in [-0.05, 0) is 95.1 Å². The molecule has 4 aliphatic carbocycles. The second-order valence-corrected chi connectivity index (χ2v) is 13.2. The van der Waals surface area contributed by atoms with E-state index in [4.69, 9.17) is 4.74 Å². The number of rotatable bonds is 3. The number of hydrogen-bond acceptors (Lipinski definition) is 4. The number of piperidine rings is 1. The highest BCUT2D eigenvalue weighted by atomic mass is 16.5. The Labute approximate surface area is 215 Å². The summed E-state index contributed by atoms with van der Waals surface area (Å²) in [5, 5.41) is 3.43. The van der Waals surface area contributed by atoms with Crippen LogP contribution in [0.25, 0.3) is 0 Å². The molecule has 1 aromatic rings. The van der Waals surface area contributed by atoms with Gasteiger partial charge in [-0.25, -0.2) is 0 Å². The largest absolute Gasteiger partial charge is 0.487 e. The smallest absolute Gasteiger partial charge is 0.243 e. The molecule has 2 amide bonds. The van der Waals surface area contributed by atoms with Crippen LogP contribution in [0.2, 0.25) is 0 Å². The molecule has 6 heteroatoms. The zero-order valence-corrected chi connectivity index (χ0v) is 21.7. The molecule has 4 bridgehead atoms. The van der Waals surface area contributed by atoms with E-state index < -0.39 is 0 Å². The van der Waals surface area contributed by atoms with Gasteiger partial charge in [0.1, 0.15) is 17.4 Å². The van der Waals surface area contributed by atoms with Gasteiger partial charge < -0.3 is 19.9 Å². The number of amides is 2. The van der Waals surface area contributed by atoms with Crippen molar-refractivity contribution in [2.45, 2.75) is 88.3 Å². The molecule has 2 atom stereocenters. The Kier molecular flexibility index (Phi) is 5.43. The average Bonchev–Trinajstić information content (AvgIpc) is 3.35. The fraction of sp³-hybridized carbons (Fsp3) is 0.733. The lowest BCUT2D eigenvalue weighted by atomic mass is 9.49. The van der Waals surface area contributed by atoms with Crippen molar-refractivity contribution in [3.8, 4) is 5.75 Å². The summed E-state index contributed by atoms with van der Waals surface area (Å²) in [6.45, 7) is 2.76. The molecule has 6 fully saturated rings. The van der Waals surface area contributed by atoms with Crippen LogP contribution in [-0.2, 0) is 9.59 Å². The van der Waals surface area contributed by atoms with Crippen LogP contribution < -0.4 is 10.1 Å². The van der Waals surface area contributed by atoms with Crippen LogP contribution in [0.5, 0.6) is 5.75 Å². The van der Waals surface area contributed by atoms with Gasteiger partial charge in [-0.15, -0.1) is 0 Å². The lowest BCUT2D eigenvalue weighted by Gasteiger charge is -2.56. The van der Waals surface area contributed by atoms with E-state index in [0.717, 1.165) is 100 Å². The van der Waals surface area contributed by atoms with E-state index in [2.05, 4.69) is 23.3 Å². The number of likely N-dealkylation sites (tertiary alicyclic amines) is 2. The molecule has 1 spiro atoms. The second-order valence-electron chi connectivity index (χ2n) is 13.2. The summed E-state index contributed by atoms with van der Waals surface area (Å²) in [4.78, 5) is 32.3. The van der Waals surface area contributed by atoms with Crippen molar-refractivity contribution in [2.75, 3.05) is 26.7 Å². The van der Waals surface area contributed by atoms with Crippen LogP contribution >= 0.6 is 0 Å². The zero-order chi connectivity index (χ0) is 24.5. The SMILES string of the molecule is CN1CCC2(CC1)CC(NC(=O)C1CCCN1C(=O)C13CC4CC(CC(C4)C1)C3)c1ccccc1O2. The summed E-state index contributed by atoms with van der Waals surface area (Å²) >= 11 is 0. The van der Waals surface area contributed by atoms with Crippen LogP contribution in [0, 0.1) is 23.2 Å². The molecule has 3 heterocycles. The molecule has 3 aliphatic heterocycles. The van der Waals surface area contributed by atoms with Crippen LogP contribution in [0.1, 0.15) is 82.2 Å². The van der Waals surface area contributed by atoms with Gasteiger partial charge >= 0.3 is 0 Å². The topological polar surface area (TPSA) is 61.9 Å². The van der Waals surface area contributed by atoms with Crippen molar-refractivity contribution >= 4 is 11.8 Å². The average molecular weight is 492 g/mol. The van der Waals surface area contributed by atoms with E-state index in [1.54, 1.807) is 0 Å². The van der Waals surface area contributed by atoms with Gasteiger partial charge in [0.25, 0.3) is 0 Å². The Bertz CT molecular complexity index is 1010. The lowest BCUT2D eigenvalue weighted by molar-refractivity contribution is -0.160. The number of nitrogens with zero attached hydrogens (tertiary/aromatic N) is 2. The van der Waals surface area contributed by atoms with Crippen molar-refractivity contribution < 1.29 is 14.3 Å². The zero-order valence-electron chi connectivity index (χ0n) is 21.7. The van der Waals surface area contributed by atoms with Gasteiger partial charge in [-0.3, -0.25) is 9.59 Å². The van der Waals surface area contributed by atoms with E-state index in [1.165, 1.54) is 19.3 Å². The molecule has 8 rings (SSSR count). The molecule has 0 radical (unpaired) electrons. The first kappa shape index (κ1) is 23.1. The molecule has 1 N–H and O–H groups in total. The van der Waals surface area contributed by atoms with Crippen molar-refractivity contribution in [1.29, 1.82) is 0 Å². The van der Waals surface area contributed by atoms with Crippen molar-refractivity contribution in [3.05, 3.63) is 29.8 Å². The van der Waals surface area contributed by atoms with Crippen LogP contribution in [0.15, 0.2) is 24.3 Å². The maximum atomic E-state index is 14.1. The third kappa shape index (κ3) is 3.77. The lowest BCUT2D eigenvalue weighted by Crippen LogP contribution is -2.58. The number of benzene rings is 1. The minimum absolute atomic E-state index is 0.0374. The highest BCUT2D eigenvalue weighted by Crippen LogP contribution is 2.61. The molecule has 194 valence electrons. The normalized spacial score (nSPS) is 38.6. The molecule has 4 saturated carbocycles. The number of carbonyl (C=O) groups excluding carboxylic acids is 2.